The number of nitrogens with one attached hydrogen (secondary N) is 1. The van der Waals surface area contributed by atoms with Crippen LogP contribution in [-0.2, 0) is 6.61 Å². The second-order valence-electron chi connectivity index (χ2n) is 6.22. The molecule has 0 spiro atoms. The van der Waals surface area contributed by atoms with E-state index in [0.29, 0.717) is 29.0 Å². The molecule has 1 heterocycles. The Morgan fingerprint density at radius 1 is 0.893 bits per heavy atom. The third-order valence-electron chi connectivity index (χ3n) is 4.22. The normalized spacial score (nSPS) is 10.6. The maximum Gasteiger partial charge on any atom is 0.291 e. The number of carbonyl (C=O) groups excluding carboxylic acids is 1. The lowest BCUT2D eigenvalue weighted by Crippen LogP contribution is -2.14. The van der Waals surface area contributed by atoms with Crippen molar-refractivity contribution >= 4 is 22.6 Å². The molecule has 1 N–H and O–H groups in total. The van der Waals surface area contributed by atoms with Gasteiger partial charge in [0.25, 0.3) is 5.91 Å². The predicted molar refractivity (Wildman–Crippen MR) is 108 cm³/mol. The summed E-state index contributed by atoms with van der Waals surface area (Å²) < 4.78 is 11.3. The first-order valence-corrected chi connectivity index (χ1v) is 8.80. The summed E-state index contributed by atoms with van der Waals surface area (Å²) >= 11 is 0. The van der Waals surface area contributed by atoms with Gasteiger partial charge >= 0.3 is 0 Å². The van der Waals surface area contributed by atoms with E-state index in [1.165, 1.54) is 6.07 Å². The first-order chi connectivity index (χ1) is 13.7. The van der Waals surface area contributed by atoms with E-state index in [1.807, 2.05) is 30.3 Å². The van der Waals surface area contributed by atoms with Crippen molar-refractivity contribution in [1.29, 1.82) is 0 Å². The van der Waals surface area contributed by atoms with E-state index in [0.717, 1.165) is 5.56 Å². The number of hydrogen-bond acceptors (Lipinski definition) is 4. The molecule has 0 radical (unpaired) electrons. The smallest absolute Gasteiger partial charge is 0.291 e. The topological polar surface area (TPSA) is 68.5 Å². The number of para-hydroxylation sites is 1. The third-order valence-corrected chi connectivity index (χ3v) is 4.22. The van der Waals surface area contributed by atoms with Crippen LogP contribution in [0.4, 0.5) is 5.69 Å². The highest BCUT2D eigenvalue weighted by atomic mass is 16.5. The average molecular weight is 371 g/mol. The van der Waals surface area contributed by atoms with Crippen LogP contribution in [0.15, 0.2) is 94.1 Å². The molecule has 4 rings (SSSR count). The molecule has 4 aromatic rings. The number of benzene rings is 3. The molecule has 0 aliphatic rings. The van der Waals surface area contributed by atoms with E-state index >= 15 is 0 Å². The minimum Gasteiger partial charge on any atom is -0.489 e. The summed E-state index contributed by atoms with van der Waals surface area (Å²) in [4.78, 5) is 24.6. The molecule has 1 amide bonds. The molecule has 1 aromatic heterocycles. The summed E-state index contributed by atoms with van der Waals surface area (Å²) in [6.07, 6.45) is 0. The Kier molecular flexibility index (Phi) is 4.89. The summed E-state index contributed by atoms with van der Waals surface area (Å²) in [6, 6.07) is 24.9. The summed E-state index contributed by atoms with van der Waals surface area (Å²) in [5.74, 6) is 0.174. The monoisotopic (exact) mass is 371 g/mol. The van der Waals surface area contributed by atoms with Gasteiger partial charge in [0.15, 0.2) is 11.2 Å². The van der Waals surface area contributed by atoms with Gasteiger partial charge in [-0.3, -0.25) is 9.59 Å². The highest BCUT2D eigenvalue weighted by molar-refractivity contribution is 6.02. The van der Waals surface area contributed by atoms with Crippen LogP contribution in [0.2, 0.25) is 0 Å². The fraction of sp³-hybridized carbons (Fsp3) is 0.0435. The van der Waals surface area contributed by atoms with E-state index in [2.05, 4.69) is 5.32 Å². The number of carbonyl (C=O) groups is 1. The van der Waals surface area contributed by atoms with E-state index in [1.54, 1.807) is 48.5 Å². The zero-order chi connectivity index (χ0) is 19.3. The first-order valence-electron chi connectivity index (χ1n) is 8.80. The molecule has 138 valence electrons. The minimum absolute atomic E-state index is 0.0342. The molecule has 0 unspecified atom stereocenters. The molecule has 0 aliphatic heterocycles. The van der Waals surface area contributed by atoms with Gasteiger partial charge in [0, 0.05) is 11.8 Å². The molecular weight excluding hydrogens is 354 g/mol. The van der Waals surface area contributed by atoms with Gasteiger partial charge in [-0.2, -0.15) is 0 Å². The van der Waals surface area contributed by atoms with Crippen LogP contribution >= 0.6 is 0 Å². The van der Waals surface area contributed by atoms with Crippen LogP contribution < -0.4 is 15.5 Å². The molecule has 28 heavy (non-hydrogen) atoms. The standard InChI is InChI=1S/C23H17NO4/c25-20-14-22(28-21-9-5-4-8-19(20)21)23(26)24-17-10-12-18(13-11-17)27-15-16-6-2-1-3-7-16/h1-14H,15H2,(H,24,26). The van der Waals surface area contributed by atoms with E-state index in [4.69, 9.17) is 9.15 Å². The van der Waals surface area contributed by atoms with Gasteiger partial charge in [-0.1, -0.05) is 42.5 Å². The van der Waals surface area contributed by atoms with E-state index < -0.39 is 5.91 Å². The van der Waals surface area contributed by atoms with Crippen LogP contribution in [0, 0.1) is 0 Å². The van der Waals surface area contributed by atoms with Crippen molar-refractivity contribution < 1.29 is 13.9 Å². The zero-order valence-electron chi connectivity index (χ0n) is 14.9. The van der Waals surface area contributed by atoms with Crippen molar-refractivity contribution in [2.24, 2.45) is 0 Å². The SMILES string of the molecule is O=C(Nc1ccc(OCc2ccccc2)cc1)c1cc(=O)c2ccccc2o1. The van der Waals surface area contributed by atoms with Crippen LogP contribution in [0.1, 0.15) is 16.1 Å². The summed E-state index contributed by atoms with van der Waals surface area (Å²) in [6.45, 7) is 0.467. The number of anilines is 1. The third kappa shape index (κ3) is 3.94. The van der Waals surface area contributed by atoms with Gasteiger partial charge in [0.2, 0.25) is 0 Å². The summed E-state index contributed by atoms with van der Waals surface area (Å²) in [5, 5.41) is 3.17. The Labute approximate surface area is 161 Å². The second-order valence-corrected chi connectivity index (χ2v) is 6.22. The number of rotatable bonds is 5. The van der Waals surface area contributed by atoms with Crippen LogP contribution in [0.5, 0.6) is 5.75 Å². The van der Waals surface area contributed by atoms with Crippen molar-refractivity contribution in [1.82, 2.24) is 0 Å². The molecule has 3 aromatic carbocycles. The van der Waals surface area contributed by atoms with Gasteiger partial charge in [-0.05, 0) is 42.0 Å². The molecule has 5 heteroatoms. The first kappa shape index (κ1) is 17.5. The minimum atomic E-state index is -0.485. The lowest BCUT2D eigenvalue weighted by atomic mass is 10.2. The molecular formula is C23H17NO4. The Morgan fingerprint density at radius 2 is 1.61 bits per heavy atom. The van der Waals surface area contributed by atoms with Crippen molar-refractivity contribution in [3.63, 3.8) is 0 Å². The number of ether oxygens (including phenoxy) is 1. The number of fused-ring (bicyclic) bond motifs is 1. The lowest BCUT2D eigenvalue weighted by Gasteiger charge is -2.08. The fourth-order valence-corrected chi connectivity index (χ4v) is 2.78. The summed E-state index contributed by atoms with van der Waals surface area (Å²) in [7, 11) is 0. The van der Waals surface area contributed by atoms with E-state index in [-0.39, 0.29) is 11.2 Å². The van der Waals surface area contributed by atoms with Crippen LogP contribution in [0.25, 0.3) is 11.0 Å². The quantitative estimate of drug-likeness (QED) is 0.556. The Hall–Kier alpha value is -3.86. The highest BCUT2D eigenvalue weighted by Crippen LogP contribution is 2.18. The van der Waals surface area contributed by atoms with Crippen molar-refractivity contribution in [2.75, 3.05) is 5.32 Å². The number of amides is 1. The van der Waals surface area contributed by atoms with Gasteiger partial charge < -0.3 is 14.5 Å². The highest BCUT2D eigenvalue weighted by Gasteiger charge is 2.12. The van der Waals surface area contributed by atoms with Crippen molar-refractivity contribution in [2.45, 2.75) is 6.61 Å². The van der Waals surface area contributed by atoms with Gasteiger partial charge in [-0.15, -0.1) is 0 Å². The lowest BCUT2D eigenvalue weighted by molar-refractivity contribution is 0.0997. The molecule has 0 aliphatic carbocycles. The Bertz CT molecular complexity index is 1160. The predicted octanol–water partition coefficient (Wildman–Crippen LogP) is 4.62. The average Bonchev–Trinajstić information content (AvgIpc) is 2.74. The van der Waals surface area contributed by atoms with Gasteiger partial charge in [0.05, 0.1) is 5.39 Å². The van der Waals surface area contributed by atoms with Gasteiger partial charge in [0.1, 0.15) is 17.9 Å². The molecule has 0 saturated carbocycles. The Morgan fingerprint density at radius 3 is 2.39 bits per heavy atom. The van der Waals surface area contributed by atoms with E-state index in [9.17, 15) is 9.59 Å². The zero-order valence-corrected chi connectivity index (χ0v) is 14.9. The Balaban J connectivity index is 1.44. The molecule has 0 atom stereocenters. The maximum absolute atomic E-state index is 12.4. The second kappa shape index (κ2) is 7.80. The van der Waals surface area contributed by atoms with Crippen LogP contribution in [0.3, 0.4) is 0 Å². The van der Waals surface area contributed by atoms with Gasteiger partial charge in [-0.25, -0.2) is 0 Å². The molecule has 5 nitrogen and oxygen atoms in total. The largest absolute Gasteiger partial charge is 0.489 e. The van der Waals surface area contributed by atoms with Crippen LogP contribution in [-0.4, -0.2) is 5.91 Å². The van der Waals surface area contributed by atoms with Crippen molar-refractivity contribution in [3.8, 4) is 5.75 Å². The summed E-state index contributed by atoms with van der Waals surface area (Å²) in [5.41, 5.74) is 1.78. The van der Waals surface area contributed by atoms with Crippen molar-refractivity contribution in [3.05, 3.63) is 106 Å². The molecule has 0 bridgehead atoms. The molecule has 0 saturated heterocycles. The molecule has 0 fully saturated rings. The maximum atomic E-state index is 12.4. The number of hydrogen-bond donors (Lipinski definition) is 1. The fourth-order valence-electron chi connectivity index (χ4n) is 2.78.